The van der Waals surface area contributed by atoms with Crippen LogP contribution in [0.2, 0.25) is 0 Å². The molecule has 0 atom stereocenters. The van der Waals surface area contributed by atoms with Gasteiger partial charge in [0, 0.05) is 19.3 Å². The lowest BCUT2D eigenvalue weighted by Crippen LogP contribution is -2.33. The molecule has 1 aliphatic heterocycles. The largest absolute Gasteiger partial charge is 0.245 e. The molecule has 0 aromatic carbocycles. The molecule has 3 rings (SSSR count). The Morgan fingerprint density at radius 3 is 2.57 bits per heavy atom. The number of nitriles is 1. The monoisotopic (exact) mass is 333 g/mol. The molecule has 0 N–H and O–H groups in total. The smallest absolute Gasteiger partial charge is 0.244 e. The highest BCUT2D eigenvalue weighted by Gasteiger charge is 2.37. The molecule has 2 aliphatic rings. The fraction of sp³-hybridized carbons (Fsp3) is 0.647. The van der Waals surface area contributed by atoms with Crippen LogP contribution in [0, 0.1) is 16.7 Å². The van der Waals surface area contributed by atoms with Crippen LogP contribution in [0.1, 0.15) is 57.1 Å². The van der Waals surface area contributed by atoms with Crippen LogP contribution in [0.5, 0.6) is 0 Å². The summed E-state index contributed by atoms with van der Waals surface area (Å²) in [5.74, 6) is 0. The SMILES string of the molecule is N#Cc1ncccc1S(=O)(=O)N1CCCC2(CCCCC2)CC1. The van der Waals surface area contributed by atoms with Gasteiger partial charge in [-0.15, -0.1) is 0 Å². The molecule has 124 valence electrons. The van der Waals surface area contributed by atoms with E-state index in [1.54, 1.807) is 10.4 Å². The summed E-state index contributed by atoms with van der Waals surface area (Å²) in [5.41, 5.74) is 0.333. The second kappa shape index (κ2) is 6.58. The van der Waals surface area contributed by atoms with E-state index in [4.69, 9.17) is 5.26 Å². The van der Waals surface area contributed by atoms with Gasteiger partial charge < -0.3 is 0 Å². The summed E-state index contributed by atoms with van der Waals surface area (Å²) >= 11 is 0. The average Bonchev–Trinajstić information content (AvgIpc) is 2.78. The number of pyridine rings is 1. The molecule has 2 fully saturated rings. The first-order valence-corrected chi connectivity index (χ1v) is 9.87. The molecule has 1 saturated heterocycles. The summed E-state index contributed by atoms with van der Waals surface area (Å²) in [5, 5.41) is 9.14. The van der Waals surface area contributed by atoms with E-state index in [-0.39, 0.29) is 10.6 Å². The van der Waals surface area contributed by atoms with Gasteiger partial charge in [0.1, 0.15) is 11.0 Å². The molecular weight excluding hydrogens is 310 g/mol. The highest BCUT2D eigenvalue weighted by atomic mass is 32.2. The van der Waals surface area contributed by atoms with E-state index in [9.17, 15) is 8.42 Å². The lowest BCUT2D eigenvalue weighted by atomic mass is 9.69. The zero-order chi connectivity index (χ0) is 16.3. The summed E-state index contributed by atoms with van der Waals surface area (Å²) in [6.07, 6.45) is 10.7. The summed E-state index contributed by atoms with van der Waals surface area (Å²) in [6.45, 7) is 1.10. The van der Waals surface area contributed by atoms with Crippen molar-refractivity contribution in [2.75, 3.05) is 13.1 Å². The molecule has 1 aliphatic carbocycles. The molecule has 0 radical (unpaired) electrons. The molecule has 0 unspecified atom stereocenters. The molecule has 23 heavy (non-hydrogen) atoms. The van der Waals surface area contributed by atoms with Crippen LogP contribution in [0.3, 0.4) is 0 Å². The van der Waals surface area contributed by atoms with Gasteiger partial charge >= 0.3 is 0 Å². The Labute approximate surface area is 138 Å². The summed E-state index contributed by atoms with van der Waals surface area (Å²) in [4.78, 5) is 3.94. The number of nitrogens with zero attached hydrogens (tertiary/aromatic N) is 3. The van der Waals surface area contributed by atoms with Crippen molar-refractivity contribution < 1.29 is 8.42 Å². The van der Waals surface area contributed by atoms with Crippen molar-refractivity contribution in [3.8, 4) is 6.07 Å². The quantitative estimate of drug-likeness (QED) is 0.833. The first-order valence-electron chi connectivity index (χ1n) is 8.43. The minimum absolute atomic E-state index is 0.0101. The maximum Gasteiger partial charge on any atom is 0.245 e. The van der Waals surface area contributed by atoms with Crippen molar-refractivity contribution in [3.63, 3.8) is 0 Å². The molecule has 1 saturated carbocycles. The van der Waals surface area contributed by atoms with Crippen molar-refractivity contribution >= 4 is 10.0 Å². The number of rotatable bonds is 2. The molecule has 0 amide bonds. The van der Waals surface area contributed by atoms with E-state index in [0.29, 0.717) is 18.5 Å². The van der Waals surface area contributed by atoms with Crippen molar-refractivity contribution in [1.29, 1.82) is 5.26 Å². The zero-order valence-corrected chi connectivity index (χ0v) is 14.2. The molecule has 1 aromatic rings. The predicted octanol–water partition coefficient (Wildman–Crippen LogP) is 3.08. The molecule has 0 bridgehead atoms. The van der Waals surface area contributed by atoms with E-state index >= 15 is 0 Å². The lowest BCUT2D eigenvalue weighted by molar-refractivity contribution is 0.163. The van der Waals surface area contributed by atoms with E-state index in [1.807, 2.05) is 6.07 Å². The summed E-state index contributed by atoms with van der Waals surface area (Å²) in [6, 6.07) is 4.96. The van der Waals surface area contributed by atoms with Crippen LogP contribution in [0.4, 0.5) is 0 Å². The van der Waals surface area contributed by atoms with Gasteiger partial charge in [0.25, 0.3) is 0 Å². The molecule has 5 nitrogen and oxygen atoms in total. The van der Waals surface area contributed by atoms with E-state index < -0.39 is 10.0 Å². The van der Waals surface area contributed by atoms with Gasteiger partial charge in [-0.1, -0.05) is 19.3 Å². The van der Waals surface area contributed by atoms with Gasteiger partial charge in [-0.3, -0.25) is 0 Å². The van der Waals surface area contributed by atoms with E-state index in [2.05, 4.69) is 4.98 Å². The topological polar surface area (TPSA) is 74.1 Å². The standard InChI is InChI=1S/C17H23N3O2S/c18-14-15-16(6-4-11-19-15)23(21,22)20-12-5-9-17(10-13-20)7-2-1-3-8-17/h4,6,11H,1-3,5,7-10,12-13H2. The minimum Gasteiger partial charge on any atom is -0.244 e. The number of hydrogen-bond acceptors (Lipinski definition) is 4. The van der Waals surface area contributed by atoms with Crippen molar-refractivity contribution in [1.82, 2.24) is 9.29 Å². The number of sulfonamides is 1. The second-order valence-electron chi connectivity index (χ2n) is 6.78. The van der Waals surface area contributed by atoms with E-state index in [0.717, 1.165) is 19.3 Å². The van der Waals surface area contributed by atoms with Crippen LogP contribution in [-0.2, 0) is 10.0 Å². The van der Waals surface area contributed by atoms with Crippen LogP contribution < -0.4 is 0 Å². The van der Waals surface area contributed by atoms with E-state index in [1.165, 1.54) is 44.4 Å². The molecular formula is C17H23N3O2S. The van der Waals surface area contributed by atoms with Gasteiger partial charge in [-0.25, -0.2) is 13.4 Å². The number of aromatic nitrogens is 1. The average molecular weight is 333 g/mol. The maximum absolute atomic E-state index is 12.9. The van der Waals surface area contributed by atoms with Crippen LogP contribution in [0.15, 0.2) is 23.2 Å². The first kappa shape index (κ1) is 16.4. The van der Waals surface area contributed by atoms with Crippen molar-refractivity contribution in [2.24, 2.45) is 5.41 Å². The third kappa shape index (κ3) is 3.26. The third-order valence-electron chi connectivity index (χ3n) is 5.41. The predicted molar refractivity (Wildman–Crippen MR) is 87.1 cm³/mol. The Morgan fingerprint density at radius 2 is 1.83 bits per heavy atom. The van der Waals surface area contributed by atoms with Gasteiger partial charge in [0.2, 0.25) is 10.0 Å². The van der Waals surface area contributed by atoms with Crippen LogP contribution in [0.25, 0.3) is 0 Å². The zero-order valence-electron chi connectivity index (χ0n) is 13.4. The summed E-state index contributed by atoms with van der Waals surface area (Å²) < 4.78 is 27.4. The Kier molecular flexibility index (Phi) is 4.69. The number of hydrogen-bond donors (Lipinski definition) is 0. The summed E-state index contributed by atoms with van der Waals surface area (Å²) in [7, 11) is -3.64. The van der Waals surface area contributed by atoms with Crippen LogP contribution in [-0.4, -0.2) is 30.8 Å². The maximum atomic E-state index is 12.9. The normalized spacial score (nSPS) is 22.4. The fourth-order valence-electron chi connectivity index (χ4n) is 4.09. The molecule has 6 heteroatoms. The second-order valence-corrected chi connectivity index (χ2v) is 8.69. The van der Waals surface area contributed by atoms with Gasteiger partial charge in [0.05, 0.1) is 0 Å². The molecule has 2 heterocycles. The Morgan fingerprint density at radius 1 is 1.09 bits per heavy atom. The highest BCUT2D eigenvalue weighted by molar-refractivity contribution is 7.89. The molecule has 1 spiro atoms. The first-order chi connectivity index (χ1) is 11.1. The Balaban J connectivity index is 1.83. The third-order valence-corrected chi connectivity index (χ3v) is 7.35. The fourth-order valence-corrected chi connectivity index (χ4v) is 5.67. The van der Waals surface area contributed by atoms with Crippen LogP contribution >= 0.6 is 0 Å². The van der Waals surface area contributed by atoms with Crippen molar-refractivity contribution in [2.45, 2.75) is 56.3 Å². The van der Waals surface area contributed by atoms with Gasteiger partial charge in [-0.2, -0.15) is 9.57 Å². The van der Waals surface area contributed by atoms with Gasteiger partial charge in [0.15, 0.2) is 5.69 Å². The molecule has 1 aromatic heterocycles. The Bertz CT molecular complexity index is 703. The highest BCUT2D eigenvalue weighted by Crippen LogP contribution is 2.45. The Hall–Kier alpha value is -1.45. The van der Waals surface area contributed by atoms with Crippen molar-refractivity contribution in [3.05, 3.63) is 24.0 Å². The van der Waals surface area contributed by atoms with Gasteiger partial charge in [-0.05, 0) is 49.7 Å². The lowest BCUT2D eigenvalue weighted by Gasteiger charge is -2.36. The minimum atomic E-state index is -3.64.